The number of aromatic nitrogens is 1. The van der Waals surface area contributed by atoms with E-state index in [0.717, 1.165) is 36.3 Å². The minimum atomic E-state index is -0.162. The fourth-order valence-electron chi connectivity index (χ4n) is 4.33. The molecule has 1 aliphatic heterocycles. The van der Waals surface area contributed by atoms with Crippen molar-refractivity contribution in [3.05, 3.63) is 57.9 Å². The Balaban J connectivity index is 1.44. The van der Waals surface area contributed by atoms with Crippen molar-refractivity contribution in [2.45, 2.75) is 52.1 Å². The molecular weight excluding hydrogens is 338 g/mol. The van der Waals surface area contributed by atoms with Crippen LogP contribution in [0.4, 0.5) is 0 Å². The van der Waals surface area contributed by atoms with Gasteiger partial charge in [0.1, 0.15) is 0 Å². The third-order valence-electron chi connectivity index (χ3n) is 5.65. The molecule has 1 saturated heterocycles. The van der Waals surface area contributed by atoms with Crippen molar-refractivity contribution in [1.82, 2.24) is 15.2 Å². The number of fused-ring (bicyclic) bond motifs is 1. The molecule has 1 aromatic heterocycles. The summed E-state index contributed by atoms with van der Waals surface area (Å²) in [5.74, 6) is -0.0800. The third-order valence-corrected chi connectivity index (χ3v) is 5.65. The molecule has 0 atom stereocenters. The van der Waals surface area contributed by atoms with Crippen LogP contribution in [0.2, 0.25) is 0 Å². The molecule has 4 rings (SSSR count). The van der Waals surface area contributed by atoms with Crippen LogP contribution in [0.5, 0.6) is 0 Å². The second-order valence-electron chi connectivity index (χ2n) is 7.74. The maximum absolute atomic E-state index is 12.8. The summed E-state index contributed by atoms with van der Waals surface area (Å²) in [5, 5.41) is 3.01. The minimum absolute atomic E-state index is 0.0818. The summed E-state index contributed by atoms with van der Waals surface area (Å²) in [6, 6.07) is 8.41. The van der Waals surface area contributed by atoms with E-state index in [9.17, 15) is 9.59 Å². The minimum Gasteiger partial charge on any atom is -0.361 e. The standard InChI is InChI=1S/C22H27N3O2/c1-15-20(21-18(24-15)8-5-9-19(21)26)22(27)23-13-16-6-4-7-17(12-16)14-25-10-2-3-11-25/h4,6-7,12,24H,2-3,5,8-11,13-14H2,1H3,(H,23,27). The number of ketones is 1. The van der Waals surface area contributed by atoms with Gasteiger partial charge in [-0.15, -0.1) is 0 Å². The van der Waals surface area contributed by atoms with Gasteiger partial charge in [-0.2, -0.15) is 0 Å². The lowest BCUT2D eigenvalue weighted by atomic mass is 9.93. The topological polar surface area (TPSA) is 65.2 Å². The first kappa shape index (κ1) is 18.0. The zero-order valence-electron chi connectivity index (χ0n) is 15.9. The highest BCUT2D eigenvalue weighted by Gasteiger charge is 2.28. The number of hydrogen-bond acceptors (Lipinski definition) is 3. The van der Waals surface area contributed by atoms with E-state index in [-0.39, 0.29) is 11.7 Å². The molecule has 1 aliphatic carbocycles. The average Bonchev–Trinajstić information content (AvgIpc) is 3.27. The summed E-state index contributed by atoms with van der Waals surface area (Å²) >= 11 is 0. The molecule has 27 heavy (non-hydrogen) atoms. The summed E-state index contributed by atoms with van der Waals surface area (Å²) in [6.07, 6.45) is 4.80. The smallest absolute Gasteiger partial charge is 0.254 e. The van der Waals surface area contributed by atoms with Gasteiger partial charge in [-0.1, -0.05) is 24.3 Å². The molecule has 0 unspecified atom stereocenters. The number of nitrogens with zero attached hydrogens (tertiary/aromatic N) is 1. The van der Waals surface area contributed by atoms with Gasteiger partial charge in [-0.3, -0.25) is 14.5 Å². The second kappa shape index (κ2) is 7.69. The highest BCUT2D eigenvalue weighted by molar-refractivity contribution is 6.10. The van der Waals surface area contributed by atoms with Crippen LogP contribution in [-0.2, 0) is 19.5 Å². The van der Waals surface area contributed by atoms with Gasteiger partial charge in [0.15, 0.2) is 5.78 Å². The number of aromatic amines is 1. The highest BCUT2D eigenvalue weighted by atomic mass is 16.2. The number of hydrogen-bond donors (Lipinski definition) is 2. The fraction of sp³-hybridized carbons (Fsp3) is 0.455. The summed E-state index contributed by atoms with van der Waals surface area (Å²) in [5.41, 5.74) is 5.22. The van der Waals surface area contributed by atoms with Crippen LogP contribution in [0.25, 0.3) is 0 Å². The number of carbonyl (C=O) groups is 2. The maximum atomic E-state index is 12.8. The average molecular weight is 365 g/mol. The second-order valence-corrected chi connectivity index (χ2v) is 7.74. The van der Waals surface area contributed by atoms with Crippen LogP contribution in [-0.4, -0.2) is 34.7 Å². The number of H-pyrrole nitrogens is 1. The molecule has 1 fully saturated rings. The number of rotatable bonds is 5. The largest absolute Gasteiger partial charge is 0.361 e. The zero-order valence-corrected chi connectivity index (χ0v) is 15.9. The van der Waals surface area contributed by atoms with Crippen molar-refractivity contribution >= 4 is 11.7 Å². The lowest BCUT2D eigenvalue weighted by molar-refractivity contribution is 0.0926. The molecule has 142 valence electrons. The quantitative estimate of drug-likeness (QED) is 0.854. The maximum Gasteiger partial charge on any atom is 0.254 e. The van der Waals surface area contributed by atoms with Crippen molar-refractivity contribution in [2.24, 2.45) is 0 Å². The predicted molar refractivity (Wildman–Crippen MR) is 105 cm³/mol. The van der Waals surface area contributed by atoms with Crippen LogP contribution in [0.1, 0.15) is 68.9 Å². The molecule has 1 amide bonds. The third kappa shape index (κ3) is 3.83. The molecule has 2 aromatic rings. The highest BCUT2D eigenvalue weighted by Crippen LogP contribution is 2.26. The van der Waals surface area contributed by atoms with E-state index >= 15 is 0 Å². The lowest BCUT2D eigenvalue weighted by Gasteiger charge is -2.15. The van der Waals surface area contributed by atoms with Gasteiger partial charge in [-0.05, 0) is 56.8 Å². The van der Waals surface area contributed by atoms with Crippen LogP contribution in [0, 0.1) is 6.92 Å². The Morgan fingerprint density at radius 3 is 2.74 bits per heavy atom. The van der Waals surface area contributed by atoms with E-state index < -0.39 is 0 Å². The van der Waals surface area contributed by atoms with Crippen molar-refractivity contribution in [2.75, 3.05) is 13.1 Å². The van der Waals surface area contributed by atoms with E-state index in [2.05, 4.69) is 33.4 Å². The van der Waals surface area contributed by atoms with Crippen LogP contribution in [0.3, 0.4) is 0 Å². The van der Waals surface area contributed by atoms with Gasteiger partial charge in [0.25, 0.3) is 5.91 Å². The van der Waals surface area contributed by atoms with Gasteiger partial charge in [-0.25, -0.2) is 0 Å². The van der Waals surface area contributed by atoms with E-state index in [0.29, 0.717) is 24.1 Å². The van der Waals surface area contributed by atoms with Crippen LogP contribution >= 0.6 is 0 Å². The predicted octanol–water partition coefficient (Wildman–Crippen LogP) is 3.37. The fourth-order valence-corrected chi connectivity index (χ4v) is 4.33. The number of carbonyl (C=O) groups excluding carboxylic acids is 2. The van der Waals surface area contributed by atoms with Gasteiger partial charge in [0.05, 0.1) is 11.1 Å². The first-order valence-electron chi connectivity index (χ1n) is 9.95. The molecule has 2 heterocycles. The molecule has 5 heteroatoms. The number of amides is 1. The Labute approximate surface area is 160 Å². The number of Topliss-reactive ketones (excluding diaryl/α,β-unsaturated/α-hetero) is 1. The Morgan fingerprint density at radius 2 is 1.93 bits per heavy atom. The Kier molecular flexibility index (Phi) is 5.12. The zero-order chi connectivity index (χ0) is 18.8. The monoisotopic (exact) mass is 365 g/mol. The molecule has 2 N–H and O–H groups in total. The van der Waals surface area contributed by atoms with Crippen molar-refractivity contribution < 1.29 is 9.59 Å². The van der Waals surface area contributed by atoms with E-state index in [4.69, 9.17) is 0 Å². The molecule has 5 nitrogen and oxygen atoms in total. The van der Waals surface area contributed by atoms with Crippen LogP contribution in [0.15, 0.2) is 24.3 Å². The summed E-state index contributed by atoms with van der Waals surface area (Å²) in [7, 11) is 0. The van der Waals surface area contributed by atoms with Crippen LogP contribution < -0.4 is 5.32 Å². The number of benzene rings is 1. The molecule has 0 saturated carbocycles. The summed E-state index contributed by atoms with van der Waals surface area (Å²) in [4.78, 5) is 30.8. The van der Waals surface area contributed by atoms with E-state index in [1.54, 1.807) is 0 Å². The number of aryl methyl sites for hydroxylation is 2. The van der Waals surface area contributed by atoms with Gasteiger partial charge >= 0.3 is 0 Å². The number of nitrogens with one attached hydrogen (secondary N) is 2. The van der Waals surface area contributed by atoms with Crippen molar-refractivity contribution in [3.8, 4) is 0 Å². The molecule has 0 spiro atoms. The number of likely N-dealkylation sites (tertiary alicyclic amines) is 1. The molecule has 0 bridgehead atoms. The Morgan fingerprint density at radius 1 is 1.15 bits per heavy atom. The molecular formula is C22H27N3O2. The van der Waals surface area contributed by atoms with Gasteiger partial charge in [0.2, 0.25) is 0 Å². The van der Waals surface area contributed by atoms with E-state index in [1.165, 1.54) is 31.5 Å². The van der Waals surface area contributed by atoms with Gasteiger partial charge < -0.3 is 10.3 Å². The Hall–Kier alpha value is -2.40. The molecule has 1 aromatic carbocycles. The van der Waals surface area contributed by atoms with E-state index in [1.807, 2.05) is 13.0 Å². The van der Waals surface area contributed by atoms with Gasteiger partial charge in [0, 0.05) is 30.9 Å². The first-order valence-corrected chi connectivity index (χ1v) is 9.95. The Bertz CT molecular complexity index is 862. The van der Waals surface area contributed by atoms with Crippen molar-refractivity contribution in [1.29, 1.82) is 0 Å². The first-order chi connectivity index (χ1) is 13.1. The van der Waals surface area contributed by atoms with Crippen molar-refractivity contribution in [3.63, 3.8) is 0 Å². The SMILES string of the molecule is Cc1[nH]c2c(c1C(=O)NCc1cccc(CN3CCCC3)c1)C(=O)CCC2. The normalized spacial score (nSPS) is 17.1. The molecule has 2 aliphatic rings. The molecule has 0 radical (unpaired) electrons. The summed E-state index contributed by atoms with van der Waals surface area (Å²) in [6.45, 7) is 5.66. The summed E-state index contributed by atoms with van der Waals surface area (Å²) < 4.78 is 0. The lowest BCUT2D eigenvalue weighted by Crippen LogP contribution is -2.26.